The number of thiophene rings is 1. The van der Waals surface area contributed by atoms with Gasteiger partial charge in [-0.05, 0) is 65.9 Å². The topological polar surface area (TPSA) is 52.6 Å². The lowest BCUT2D eigenvalue weighted by Crippen LogP contribution is -2.17. The van der Waals surface area contributed by atoms with E-state index in [0.717, 1.165) is 58.9 Å². The van der Waals surface area contributed by atoms with E-state index < -0.39 is 0 Å². The number of pyridine rings is 1. The second kappa shape index (κ2) is 9.81. The van der Waals surface area contributed by atoms with Crippen molar-refractivity contribution in [1.82, 2.24) is 10.3 Å². The van der Waals surface area contributed by atoms with Gasteiger partial charge in [-0.1, -0.05) is 6.07 Å². The number of benzene rings is 2. The average Bonchev–Trinajstić information content (AvgIpc) is 3.35. The molecule has 0 atom stereocenters. The molecule has 0 aliphatic rings. The third-order valence-corrected chi connectivity index (χ3v) is 5.94. The highest BCUT2D eigenvalue weighted by Crippen LogP contribution is 2.30. The van der Waals surface area contributed by atoms with Gasteiger partial charge in [0.05, 0.1) is 32.5 Å². The van der Waals surface area contributed by atoms with Gasteiger partial charge in [0.1, 0.15) is 5.75 Å². The van der Waals surface area contributed by atoms with Crippen molar-refractivity contribution in [2.75, 3.05) is 27.9 Å². The van der Waals surface area contributed by atoms with Gasteiger partial charge in [0, 0.05) is 28.9 Å². The monoisotopic (exact) mass is 434 g/mol. The predicted octanol–water partition coefficient (Wildman–Crippen LogP) is 5.32. The number of methoxy groups -OCH3 is 3. The summed E-state index contributed by atoms with van der Waals surface area (Å²) in [4.78, 5) is 4.96. The molecule has 0 saturated heterocycles. The van der Waals surface area contributed by atoms with E-state index in [4.69, 9.17) is 19.2 Å². The molecule has 0 unspecified atom stereocenters. The Labute approximate surface area is 186 Å². The van der Waals surface area contributed by atoms with Crippen molar-refractivity contribution in [2.45, 2.75) is 13.0 Å². The molecule has 0 bridgehead atoms. The van der Waals surface area contributed by atoms with E-state index in [1.165, 1.54) is 11.1 Å². The smallest absolute Gasteiger partial charge is 0.160 e. The van der Waals surface area contributed by atoms with Crippen LogP contribution < -0.4 is 19.5 Å². The number of nitrogens with zero attached hydrogens (tertiary/aromatic N) is 1. The molecule has 31 heavy (non-hydrogen) atoms. The Kier molecular flexibility index (Phi) is 6.70. The van der Waals surface area contributed by atoms with Gasteiger partial charge in [-0.25, -0.2) is 4.98 Å². The molecule has 0 aliphatic carbocycles. The van der Waals surface area contributed by atoms with Gasteiger partial charge in [0.2, 0.25) is 0 Å². The highest BCUT2D eigenvalue weighted by molar-refractivity contribution is 7.08. The minimum Gasteiger partial charge on any atom is -0.497 e. The van der Waals surface area contributed by atoms with Crippen LogP contribution in [-0.4, -0.2) is 32.9 Å². The maximum atomic E-state index is 5.41. The second-order valence-electron chi connectivity index (χ2n) is 7.18. The Bertz CT molecular complexity index is 1160. The molecule has 0 spiro atoms. The maximum absolute atomic E-state index is 5.41. The highest BCUT2D eigenvalue weighted by atomic mass is 32.1. The summed E-state index contributed by atoms with van der Waals surface area (Å²) < 4.78 is 16.1. The molecule has 4 aromatic rings. The summed E-state index contributed by atoms with van der Waals surface area (Å²) in [6, 6.07) is 16.4. The van der Waals surface area contributed by atoms with Crippen LogP contribution in [-0.2, 0) is 13.0 Å². The van der Waals surface area contributed by atoms with Crippen LogP contribution in [0.1, 0.15) is 11.1 Å². The standard InChI is InChI=1S/C25H26N2O3S/c1-28-21-6-5-18-13-20(25(27-22(18)14-21)19-9-11-31-16-19)15-26-10-8-17-4-7-23(29-2)24(12-17)30-3/h4-7,9,11-14,16,26H,8,10,15H2,1-3H3. The Morgan fingerprint density at radius 1 is 0.903 bits per heavy atom. The first-order chi connectivity index (χ1) is 15.2. The van der Waals surface area contributed by atoms with Gasteiger partial charge in [0.15, 0.2) is 11.5 Å². The number of fused-ring (bicyclic) bond motifs is 1. The van der Waals surface area contributed by atoms with E-state index in [1.807, 2.05) is 24.3 Å². The summed E-state index contributed by atoms with van der Waals surface area (Å²) in [5.74, 6) is 2.32. The van der Waals surface area contributed by atoms with E-state index in [-0.39, 0.29) is 0 Å². The number of hydrogen-bond donors (Lipinski definition) is 1. The summed E-state index contributed by atoms with van der Waals surface area (Å²) in [5, 5.41) is 8.91. The molecule has 6 heteroatoms. The Morgan fingerprint density at radius 3 is 2.52 bits per heavy atom. The fraction of sp³-hybridized carbons (Fsp3) is 0.240. The number of hydrogen-bond acceptors (Lipinski definition) is 6. The van der Waals surface area contributed by atoms with Gasteiger partial charge in [-0.2, -0.15) is 11.3 Å². The third-order valence-electron chi connectivity index (χ3n) is 5.25. The number of rotatable bonds is 9. The molecule has 0 aliphatic heterocycles. The van der Waals surface area contributed by atoms with Gasteiger partial charge >= 0.3 is 0 Å². The highest BCUT2D eigenvalue weighted by Gasteiger charge is 2.11. The second-order valence-corrected chi connectivity index (χ2v) is 7.96. The summed E-state index contributed by atoms with van der Waals surface area (Å²) in [6.45, 7) is 1.59. The fourth-order valence-electron chi connectivity index (χ4n) is 3.59. The molecule has 0 fully saturated rings. The molecule has 2 heterocycles. The molecular formula is C25H26N2O3S. The molecule has 5 nitrogen and oxygen atoms in total. The first kappa shape index (κ1) is 21.2. The first-order valence-corrected chi connectivity index (χ1v) is 11.1. The molecular weight excluding hydrogens is 408 g/mol. The van der Waals surface area contributed by atoms with Crippen molar-refractivity contribution in [3.63, 3.8) is 0 Å². The minimum absolute atomic E-state index is 0.743. The summed E-state index contributed by atoms with van der Waals surface area (Å²) in [5.41, 5.74) is 5.48. The Hall–Kier alpha value is -3.09. The average molecular weight is 435 g/mol. The van der Waals surface area contributed by atoms with E-state index in [0.29, 0.717) is 0 Å². The molecule has 0 amide bonds. The van der Waals surface area contributed by atoms with Crippen LogP contribution in [0.25, 0.3) is 22.2 Å². The van der Waals surface area contributed by atoms with Crippen molar-refractivity contribution in [2.24, 2.45) is 0 Å². The van der Waals surface area contributed by atoms with Crippen LogP contribution in [0, 0.1) is 0 Å². The number of aromatic nitrogens is 1. The summed E-state index contributed by atoms with van der Waals surface area (Å²) in [6.07, 6.45) is 0.895. The van der Waals surface area contributed by atoms with Crippen LogP contribution in [0.15, 0.2) is 59.3 Å². The maximum Gasteiger partial charge on any atom is 0.160 e. The van der Waals surface area contributed by atoms with Crippen molar-refractivity contribution in [3.8, 4) is 28.5 Å². The van der Waals surface area contributed by atoms with Gasteiger partial charge < -0.3 is 19.5 Å². The summed E-state index contributed by atoms with van der Waals surface area (Å²) in [7, 11) is 4.99. The van der Waals surface area contributed by atoms with Crippen LogP contribution >= 0.6 is 11.3 Å². The first-order valence-electron chi connectivity index (χ1n) is 10.1. The van der Waals surface area contributed by atoms with Crippen LogP contribution in [0.5, 0.6) is 17.2 Å². The molecule has 0 saturated carbocycles. The predicted molar refractivity (Wildman–Crippen MR) is 127 cm³/mol. The van der Waals surface area contributed by atoms with Gasteiger partial charge in [-0.15, -0.1) is 0 Å². The van der Waals surface area contributed by atoms with Gasteiger partial charge in [-0.3, -0.25) is 0 Å². The third kappa shape index (κ3) is 4.81. The zero-order chi connectivity index (χ0) is 21.6. The molecule has 0 radical (unpaired) electrons. The Morgan fingerprint density at radius 2 is 1.77 bits per heavy atom. The normalized spacial score (nSPS) is 10.9. The van der Waals surface area contributed by atoms with Crippen molar-refractivity contribution < 1.29 is 14.2 Å². The van der Waals surface area contributed by atoms with Crippen LogP contribution in [0.4, 0.5) is 0 Å². The lowest BCUT2D eigenvalue weighted by molar-refractivity contribution is 0.354. The lowest BCUT2D eigenvalue weighted by atomic mass is 10.0. The van der Waals surface area contributed by atoms with E-state index in [2.05, 4.69) is 40.3 Å². The summed E-state index contributed by atoms with van der Waals surface area (Å²) >= 11 is 1.68. The van der Waals surface area contributed by atoms with E-state index >= 15 is 0 Å². The van der Waals surface area contributed by atoms with Crippen molar-refractivity contribution in [3.05, 3.63) is 70.4 Å². The molecule has 2 aromatic heterocycles. The molecule has 1 N–H and O–H groups in total. The van der Waals surface area contributed by atoms with Gasteiger partial charge in [0.25, 0.3) is 0 Å². The van der Waals surface area contributed by atoms with Crippen molar-refractivity contribution in [1.29, 1.82) is 0 Å². The van der Waals surface area contributed by atoms with Crippen LogP contribution in [0.3, 0.4) is 0 Å². The lowest BCUT2D eigenvalue weighted by Gasteiger charge is -2.13. The van der Waals surface area contributed by atoms with E-state index in [9.17, 15) is 0 Å². The van der Waals surface area contributed by atoms with Crippen LogP contribution in [0.2, 0.25) is 0 Å². The minimum atomic E-state index is 0.743. The SMILES string of the molecule is COc1ccc2cc(CNCCc3ccc(OC)c(OC)c3)c(-c3ccsc3)nc2c1. The molecule has 160 valence electrons. The Balaban J connectivity index is 1.50. The zero-order valence-corrected chi connectivity index (χ0v) is 18.8. The largest absolute Gasteiger partial charge is 0.497 e. The molecule has 4 rings (SSSR count). The van der Waals surface area contributed by atoms with Crippen molar-refractivity contribution >= 4 is 22.2 Å². The van der Waals surface area contributed by atoms with E-state index in [1.54, 1.807) is 32.7 Å². The number of ether oxygens (including phenoxy) is 3. The quantitative estimate of drug-likeness (QED) is 0.361. The number of nitrogens with one attached hydrogen (secondary N) is 1. The zero-order valence-electron chi connectivity index (χ0n) is 18.0. The fourth-order valence-corrected chi connectivity index (χ4v) is 4.23. The molecule has 2 aromatic carbocycles.